The summed E-state index contributed by atoms with van der Waals surface area (Å²) >= 11 is 1.94. The minimum Gasteiger partial charge on any atom is -0.287 e. The molecule has 56 valence electrons. The fourth-order valence-corrected chi connectivity index (χ4v) is 2.73. The quantitative estimate of drug-likeness (QED) is 0.603. The van der Waals surface area contributed by atoms with Crippen LogP contribution in [0.25, 0.3) is 0 Å². The number of nitrogens with zero attached hydrogens (tertiary/aromatic N) is 1. The molecule has 0 aromatic carbocycles. The first-order chi connectivity index (χ1) is 5.43. The van der Waals surface area contributed by atoms with Gasteiger partial charge in [-0.25, -0.2) is 0 Å². The Balaban J connectivity index is 2.07. The summed E-state index contributed by atoms with van der Waals surface area (Å²) in [6.45, 7) is 0.929. The van der Waals surface area contributed by atoms with Crippen molar-refractivity contribution in [2.75, 3.05) is 0 Å². The van der Waals surface area contributed by atoms with E-state index >= 15 is 0 Å². The van der Waals surface area contributed by atoms with Gasteiger partial charge in [0.25, 0.3) is 0 Å². The monoisotopic (exact) mass is 163 g/mol. The summed E-state index contributed by atoms with van der Waals surface area (Å²) in [6.07, 6.45) is 4.85. The SMILES string of the molecule is C1=NCc2cc(C3CC3)sc21. The molecule has 3 rings (SSSR count). The summed E-state index contributed by atoms with van der Waals surface area (Å²) in [5.41, 5.74) is 1.46. The highest BCUT2D eigenvalue weighted by molar-refractivity contribution is 7.14. The molecule has 1 fully saturated rings. The largest absolute Gasteiger partial charge is 0.287 e. The summed E-state index contributed by atoms with van der Waals surface area (Å²) in [5.74, 6) is 0.916. The molecule has 0 unspecified atom stereocenters. The molecule has 0 amide bonds. The molecule has 2 aliphatic rings. The Morgan fingerprint density at radius 1 is 1.45 bits per heavy atom. The average Bonchev–Trinajstić information content (AvgIpc) is 2.60. The van der Waals surface area contributed by atoms with E-state index in [1.807, 2.05) is 17.6 Å². The van der Waals surface area contributed by atoms with Gasteiger partial charge in [0.05, 0.1) is 11.4 Å². The molecule has 1 aromatic heterocycles. The van der Waals surface area contributed by atoms with Gasteiger partial charge in [0.15, 0.2) is 0 Å². The Kier molecular flexibility index (Phi) is 1.05. The van der Waals surface area contributed by atoms with Crippen molar-refractivity contribution < 1.29 is 0 Å². The van der Waals surface area contributed by atoms with Crippen LogP contribution in [0.1, 0.15) is 34.1 Å². The predicted octanol–water partition coefficient (Wildman–Crippen LogP) is 2.56. The average molecular weight is 163 g/mol. The second kappa shape index (κ2) is 1.95. The molecule has 1 aliphatic carbocycles. The molecule has 0 N–H and O–H groups in total. The van der Waals surface area contributed by atoms with Crippen LogP contribution in [0.4, 0.5) is 0 Å². The van der Waals surface area contributed by atoms with Crippen LogP contribution >= 0.6 is 11.3 Å². The maximum Gasteiger partial charge on any atom is 0.0655 e. The van der Waals surface area contributed by atoms with E-state index in [1.54, 1.807) is 4.88 Å². The zero-order chi connectivity index (χ0) is 7.26. The van der Waals surface area contributed by atoms with Crippen molar-refractivity contribution in [1.82, 2.24) is 0 Å². The highest BCUT2D eigenvalue weighted by atomic mass is 32.1. The highest BCUT2D eigenvalue weighted by Crippen LogP contribution is 2.44. The van der Waals surface area contributed by atoms with E-state index in [0.29, 0.717) is 0 Å². The van der Waals surface area contributed by atoms with Crippen molar-refractivity contribution in [3.05, 3.63) is 21.4 Å². The number of hydrogen-bond acceptors (Lipinski definition) is 2. The van der Waals surface area contributed by atoms with Crippen LogP contribution in [0.2, 0.25) is 0 Å². The van der Waals surface area contributed by atoms with Crippen LogP contribution in [0.5, 0.6) is 0 Å². The van der Waals surface area contributed by atoms with Gasteiger partial charge in [-0.2, -0.15) is 0 Å². The molecule has 0 atom stereocenters. The van der Waals surface area contributed by atoms with Crippen LogP contribution < -0.4 is 0 Å². The van der Waals surface area contributed by atoms with Crippen molar-refractivity contribution in [2.24, 2.45) is 4.99 Å². The molecular weight excluding hydrogens is 154 g/mol. The maximum absolute atomic E-state index is 4.22. The van der Waals surface area contributed by atoms with E-state index in [9.17, 15) is 0 Å². The second-order valence-corrected chi connectivity index (χ2v) is 4.40. The Bertz CT molecular complexity index is 320. The van der Waals surface area contributed by atoms with E-state index in [1.165, 1.54) is 23.3 Å². The Morgan fingerprint density at radius 2 is 2.36 bits per heavy atom. The molecule has 1 aromatic rings. The number of fused-ring (bicyclic) bond motifs is 1. The summed E-state index contributed by atoms with van der Waals surface area (Å²) < 4.78 is 0. The molecule has 0 bridgehead atoms. The van der Waals surface area contributed by atoms with E-state index in [2.05, 4.69) is 11.1 Å². The van der Waals surface area contributed by atoms with Crippen LogP contribution in [-0.2, 0) is 6.54 Å². The lowest BCUT2D eigenvalue weighted by Crippen LogP contribution is -1.71. The normalized spacial score (nSPS) is 20.7. The first-order valence-electron chi connectivity index (χ1n) is 4.06. The van der Waals surface area contributed by atoms with Crippen molar-refractivity contribution in [2.45, 2.75) is 25.3 Å². The Morgan fingerprint density at radius 3 is 3.09 bits per heavy atom. The van der Waals surface area contributed by atoms with Crippen molar-refractivity contribution in [3.63, 3.8) is 0 Å². The van der Waals surface area contributed by atoms with Gasteiger partial charge < -0.3 is 0 Å². The van der Waals surface area contributed by atoms with E-state index < -0.39 is 0 Å². The van der Waals surface area contributed by atoms with E-state index in [0.717, 1.165) is 12.5 Å². The third-order valence-electron chi connectivity index (χ3n) is 2.31. The lowest BCUT2D eigenvalue weighted by Gasteiger charge is -1.85. The van der Waals surface area contributed by atoms with Crippen LogP contribution in [0.15, 0.2) is 11.1 Å². The minimum absolute atomic E-state index is 0.916. The molecule has 2 heterocycles. The lowest BCUT2D eigenvalue weighted by atomic mass is 10.2. The van der Waals surface area contributed by atoms with Crippen LogP contribution in [0, 0.1) is 0 Å². The second-order valence-electron chi connectivity index (χ2n) is 3.28. The highest BCUT2D eigenvalue weighted by Gasteiger charge is 2.26. The minimum atomic E-state index is 0.916. The summed E-state index contributed by atoms with van der Waals surface area (Å²) in [4.78, 5) is 7.23. The zero-order valence-electron chi connectivity index (χ0n) is 6.21. The van der Waals surface area contributed by atoms with Crippen molar-refractivity contribution >= 4 is 17.6 Å². The molecule has 2 heteroatoms. The molecule has 1 saturated carbocycles. The van der Waals surface area contributed by atoms with Crippen molar-refractivity contribution in [1.29, 1.82) is 0 Å². The summed E-state index contributed by atoms with van der Waals surface area (Å²) in [7, 11) is 0. The smallest absolute Gasteiger partial charge is 0.0655 e. The maximum atomic E-state index is 4.22. The van der Waals surface area contributed by atoms with Gasteiger partial charge in [0, 0.05) is 11.1 Å². The predicted molar refractivity (Wildman–Crippen MR) is 47.6 cm³/mol. The van der Waals surface area contributed by atoms with Gasteiger partial charge in [0.2, 0.25) is 0 Å². The third kappa shape index (κ3) is 0.857. The van der Waals surface area contributed by atoms with Gasteiger partial charge >= 0.3 is 0 Å². The number of thiophene rings is 1. The first-order valence-corrected chi connectivity index (χ1v) is 4.87. The van der Waals surface area contributed by atoms with Gasteiger partial charge in [-0.05, 0) is 30.4 Å². The summed E-state index contributed by atoms with van der Waals surface area (Å²) in [6, 6.07) is 2.35. The lowest BCUT2D eigenvalue weighted by molar-refractivity contribution is 1.10. The molecule has 1 nitrogen and oxygen atoms in total. The molecule has 0 radical (unpaired) electrons. The molecular formula is C9H9NS. The van der Waals surface area contributed by atoms with Crippen LogP contribution in [0.3, 0.4) is 0 Å². The van der Waals surface area contributed by atoms with E-state index in [-0.39, 0.29) is 0 Å². The van der Waals surface area contributed by atoms with Gasteiger partial charge in [0.1, 0.15) is 0 Å². The Hall–Kier alpha value is -0.630. The zero-order valence-corrected chi connectivity index (χ0v) is 7.03. The van der Waals surface area contributed by atoms with E-state index in [4.69, 9.17) is 0 Å². The van der Waals surface area contributed by atoms with Gasteiger partial charge in [-0.1, -0.05) is 0 Å². The molecule has 1 aliphatic heterocycles. The summed E-state index contributed by atoms with van der Waals surface area (Å²) in [5, 5.41) is 0. The first kappa shape index (κ1) is 5.95. The van der Waals surface area contributed by atoms with Crippen LogP contribution in [-0.4, -0.2) is 6.21 Å². The molecule has 0 spiro atoms. The number of rotatable bonds is 1. The third-order valence-corrected chi connectivity index (χ3v) is 3.59. The molecule has 11 heavy (non-hydrogen) atoms. The topological polar surface area (TPSA) is 12.4 Å². The molecule has 0 saturated heterocycles. The van der Waals surface area contributed by atoms with Gasteiger partial charge in [-0.15, -0.1) is 11.3 Å². The fraction of sp³-hybridized carbons (Fsp3) is 0.444. The number of aliphatic imine (C=N–C) groups is 1. The number of hydrogen-bond donors (Lipinski definition) is 0. The fourth-order valence-electron chi connectivity index (χ4n) is 1.49. The van der Waals surface area contributed by atoms with Gasteiger partial charge in [-0.3, -0.25) is 4.99 Å². The standard InChI is InChI=1S/C9H9NS/c1-2-6(1)8-3-7-4-10-5-9(7)11-8/h3,5-6H,1-2,4H2. The Labute approximate surface area is 69.8 Å². The van der Waals surface area contributed by atoms with Crippen molar-refractivity contribution in [3.8, 4) is 0 Å².